The van der Waals surface area contributed by atoms with E-state index in [4.69, 9.17) is 15.0 Å². The second kappa shape index (κ2) is 6.30. The molecule has 21 heavy (non-hydrogen) atoms. The van der Waals surface area contributed by atoms with Gasteiger partial charge >= 0.3 is 0 Å². The van der Waals surface area contributed by atoms with E-state index < -0.39 is 0 Å². The quantitative estimate of drug-likeness (QED) is 0.705. The Morgan fingerprint density at radius 1 is 1.48 bits per heavy atom. The summed E-state index contributed by atoms with van der Waals surface area (Å²) in [5, 5.41) is 6.00. The van der Waals surface area contributed by atoms with Crippen molar-refractivity contribution >= 4 is 21.6 Å². The molecule has 1 unspecified atom stereocenters. The summed E-state index contributed by atoms with van der Waals surface area (Å²) >= 11 is 1.64. The lowest BCUT2D eigenvalue weighted by Crippen LogP contribution is -2.11. The molecular weight excluding hydrogens is 288 g/mol. The number of ether oxygens (including phenoxy) is 1. The van der Waals surface area contributed by atoms with Gasteiger partial charge in [-0.3, -0.25) is 4.98 Å². The SMILES string of the molecule is COCCCC(N)c1nc(-c2cnc3ccsc3c2)no1. The van der Waals surface area contributed by atoms with Crippen LogP contribution in [-0.4, -0.2) is 28.8 Å². The maximum Gasteiger partial charge on any atom is 0.243 e. The zero-order valence-corrected chi connectivity index (χ0v) is 12.5. The van der Waals surface area contributed by atoms with Gasteiger partial charge in [0.25, 0.3) is 0 Å². The van der Waals surface area contributed by atoms with Gasteiger partial charge in [-0.15, -0.1) is 11.3 Å². The topological polar surface area (TPSA) is 87.1 Å². The van der Waals surface area contributed by atoms with Gasteiger partial charge in [0.2, 0.25) is 11.7 Å². The third kappa shape index (κ3) is 3.10. The molecule has 0 aliphatic carbocycles. The van der Waals surface area contributed by atoms with Crippen LogP contribution in [0.2, 0.25) is 0 Å². The maximum atomic E-state index is 6.04. The smallest absolute Gasteiger partial charge is 0.243 e. The first-order chi connectivity index (χ1) is 10.3. The second-order valence-corrected chi connectivity index (χ2v) is 5.67. The molecule has 0 saturated heterocycles. The van der Waals surface area contributed by atoms with Crippen LogP contribution in [0.15, 0.2) is 28.2 Å². The standard InChI is InChI=1S/C14H16N4O2S/c1-19-5-2-3-10(15)14-17-13(18-20-14)9-7-12-11(16-8-9)4-6-21-12/h4,6-8,10H,2-3,5,15H2,1H3. The molecule has 1 atom stereocenters. The summed E-state index contributed by atoms with van der Waals surface area (Å²) in [4.78, 5) is 8.74. The molecule has 3 heterocycles. The second-order valence-electron chi connectivity index (χ2n) is 4.73. The highest BCUT2D eigenvalue weighted by Crippen LogP contribution is 2.25. The molecule has 3 aromatic rings. The molecule has 0 aliphatic rings. The largest absolute Gasteiger partial charge is 0.385 e. The van der Waals surface area contributed by atoms with Crippen molar-refractivity contribution in [1.29, 1.82) is 0 Å². The molecule has 0 radical (unpaired) electrons. The Morgan fingerprint density at radius 3 is 3.24 bits per heavy atom. The van der Waals surface area contributed by atoms with Gasteiger partial charge in [-0.2, -0.15) is 4.98 Å². The normalized spacial score (nSPS) is 12.9. The van der Waals surface area contributed by atoms with Gasteiger partial charge in [0.1, 0.15) is 0 Å². The predicted octanol–water partition coefficient (Wildman–Crippen LogP) is 2.77. The molecule has 0 spiro atoms. The Morgan fingerprint density at radius 2 is 2.38 bits per heavy atom. The number of rotatable bonds is 6. The van der Waals surface area contributed by atoms with Crippen molar-refractivity contribution in [2.75, 3.05) is 13.7 Å². The highest BCUT2D eigenvalue weighted by Gasteiger charge is 2.16. The number of nitrogens with two attached hydrogens (primary N) is 1. The van der Waals surface area contributed by atoms with E-state index in [-0.39, 0.29) is 6.04 Å². The molecular formula is C14H16N4O2S. The number of hydrogen-bond acceptors (Lipinski definition) is 7. The predicted molar refractivity (Wildman–Crippen MR) is 81.0 cm³/mol. The van der Waals surface area contributed by atoms with Crippen LogP contribution in [0.25, 0.3) is 21.6 Å². The molecule has 3 rings (SSSR count). The molecule has 110 valence electrons. The minimum Gasteiger partial charge on any atom is -0.385 e. The minimum absolute atomic E-state index is 0.264. The highest BCUT2D eigenvalue weighted by atomic mass is 32.1. The van der Waals surface area contributed by atoms with Gasteiger partial charge in [-0.05, 0) is 30.4 Å². The molecule has 2 N–H and O–H groups in total. The average Bonchev–Trinajstić information content (AvgIpc) is 3.15. The molecule has 0 saturated carbocycles. The van der Waals surface area contributed by atoms with E-state index in [0.29, 0.717) is 18.3 Å². The van der Waals surface area contributed by atoms with Crippen molar-refractivity contribution in [3.05, 3.63) is 29.6 Å². The summed E-state index contributed by atoms with van der Waals surface area (Å²) in [7, 11) is 1.67. The number of thiophene rings is 1. The number of pyridine rings is 1. The van der Waals surface area contributed by atoms with E-state index in [9.17, 15) is 0 Å². The first kappa shape index (κ1) is 14.1. The number of methoxy groups -OCH3 is 1. The highest BCUT2D eigenvalue weighted by molar-refractivity contribution is 7.17. The molecule has 0 aliphatic heterocycles. The van der Waals surface area contributed by atoms with Crippen molar-refractivity contribution in [3.63, 3.8) is 0 Å². The molecule has 0 amide bonds. The van der Waals surface area contributed by atoms with Crippen molar-refractivity contribution in [1.82, 2.24) is 15.1 Å². The van der Waals surface area contributed by atoms with E-state index in [0.717, 1.165) is 28.6 Å². The monoisotopic (exact) mass is 304 g/mol. The molecule has 0 bridgehead atoms. The van der Waals surface area contributed by atoms with Gasteiger partial charge in [0, 0.05) is 25.5 Å². The zero-order chi connectivity index (χ0) is 14.7. The van der Waals surface area contributed by atoms with E-state index in [2.05, 4.69) is 15.1 Å². The summed E-state index contributed by atoms with van der Waals surface area (Å²) in [6.45, 7) is 0.674. The Bertz CT molecular complexity index is 724. The Kier molecular flexibility index (Phi) is 4.23. The Labute approximate surface area is 125 Å². The van der Waals surface area contributed by atoms with E-state index >= 15 is 0 Å². The third-order valence-corrected chi connectivity index (χ3v) is 4.04. The number of fused-ring (bicyclic) bond motifs is 1. The van der Waals surface area contributed by atoms with Gasteiger partial charge in [-0.1, -0.05) is 5.16 Å². The first-order valence-electron chi connectivity index (χ1n) is 6.69. The molecule has 0 fully saturated rings. The molecule has 7 heteroatoms. The fourth-order valence-corrected chi connectivity index (χ4v) is 2.82. The Hall–Kier alpha value is -1.83. The van der Waals surface area contributed by atoms with Crippen LogP contribution in [0.4, 0.5) is 0 Å². The van der Waals surface area contributed by atoms with Crippen LogP contribution in [0.1, 0.15) is 24.8 Å². The van der Waals surface area contributed by atoms with Crippen LogP contribution in [-0.2, 0) is 4.74 Å². The maximum absolute atomic E-state index is 6.04. The summed E-state index contributed by atoms with van der Waals surface area (Å²) in [6.07, 6.45) is 3.36. The third-order valence-electron chi connectivity index (χ3n) is 3.18. The van der Waals surface area contributed by atoms with E-state index in [1.54, 1.807) is 24.6 Å². The van der Waals surface area contributed by atoms with Crippen LogP contribution in [0.3, 0.4) is 0 Å². The lowest BCUT2D eigenvalue weighted by molar-refractivity contribution is 0.188. The molecule has 6 nitrogen and oxygen atoms in total. The zero-order valence-electron chi connectivity index (χ0n) is 11.7. The van der Waals surface area contributed by atoms with Crippen LogP contribution < -0.4 is 5.73 Å². The summed E-state index contributed by atoms with van der Waals surface area (Å²) in [5.74, 6) is 0.974. The Balaban J connectivity index is 1.77. The molecule has 3 aromatic heterocycles. The number of hydrogen-bond donors (Lipinski definition) is 1. The average molecular weight is 304 g/mol. The summed E-state index contributed by atoms with van der Waals surface area (Å²) in [5.41, 5.74) is 7.85. The van der Waals surface area contributed by atoms with Gasteiger partial charge < -0.3 is 15.0 Å². The van der Waals surface area contributed by atoms with Crippen molar-refractivity contribution in [2.24, 2.45) is 5.73 Å². The fraction of sp³-hybridized carbons (Fsp3) is 0.357. The number of aromatic nitrogens is 3. The summed E-state index contributed by atoms with van der Waals surface area (Å²) < 4.78 is 11.4. The molecule has 0 aromatic carbocycles. The summed E-state index contributed by atoms with van der Waals surface area (Å²) in [6, 6.07) is 3.73. The fourth-order valence-electron chi connectivity index (χ4n) is 2.04. The number of nitrogens with zero attached hydrogens (tertiary/aromatic N) is 3. The van der Waals surface area contributed by atoms with Crippen molar-refractivity contribution in [3.8, 4) is 11.4 Å². The van der Waals surface area contributed by atoms with E-state index in [1.165, 1.54) is 0 Å². The van der Waals surface area contributed by atoms with Crippen LogP contribution >= 0.6 is 11.3 Å². The van der Waals surface area contributed by atoms with Crippen LogP contribution in [0.5, 0.6) is 0 Å². The van der Waals surface area contributed by atoms with E-state index in [1.807, 2.05) is 17.5 Å². The van der Waals surface area contributed by atoms with Gasteiger partial charge in [0.15, 0.2) is 0 Å². The lowest BCUT2D eigenvalue weighted by Gasteiger charge is -2.04. The van der Waals surface area contributed by atoms with Crippen molar-refractivity contribution in [2.45, 2.75) is 18.9 Å². The van der Waals surface area contributed by atoms with Gasteiger partial charge in [0.05, 0.1) is 16.3 Å². The van der Waals surface area contributed by atoms with Gasteiger partial charge in [-0.25, -0.2) is 0 Å². The lowest BCUT2D eigenvalue weighted by atomic mass is 10.2. The first-order valence-corrected chi connectivity index (χ1v) is 7.57. The van der Waals surface area contributed by atoms with Crippen molar-refractivity contribution < 1.29 is 9.26 Å². The minimum atomic E-state index is -0.264. The van der Waals surface area contributed by atoms with Crippen LogP contribution in [0, 0.1) is 0 Å².